The number of anilines is 1. The number of carboxylic acid groups (broad SMARTS) is 1. The van der Waals surface area contributed by atoms with Crippen LogP contribution >= 0.6 is 0 Å². The fourth-order valence-electron chi connectivity index (χ4n) is 3.39. The zero-order valence-electron chi connectivity index (χ0n) is 15.6. The Balaban J connectivity index is 1.92. The summed E-state index contributed by atoms with van der Waals surface area (Å²) < 4.78 is 23.7. The van der Waals surface area contributed by atoms with Crippen LogP contribution in [0, 0.1) is 5.82 Å². The third-order valence-corrected chi connectivity index (χ3v) is 4.73. The first-order valence-electron chi connectivity index (χ1n) is 8.72. The van der Waals surface area contributed by atoms with Crippen molar-refractivity contribution < 1.29 is 28.6 Å². The van der Waals surface area contributed by atoms with Gasteiger partial charge in [-0.25, -0.2) is 9.18 Å². The highest BCUT2D eigenvalue weighted by Gasteiger charge is 2.33. The summed E-state index contributed by atoms with van der Waals surface area (Å²) in [7, 11) is 3.03. The van der Waals surface area contributed by atoms with E-state index in [4.69, 9.17) is 9.47 Å². The second-order valence-corrected chi connectivity index (χ2v) is 6.40. The lowest BCUT2D eigenvalue weighted by Gasteiger charge is -2.37. The number of hydrogen-bond donors (Lipinski definition) is 2. The topological polar surface area (TPSA) is 88.1 Å². The van der Waals surface area contributed by atoms with Crippen molar-refractivity contribution in [1.82, 2.24) is 4.90 Å². The maximum Gasteiger partial charge on any atom is 0.322 e. The maximum absolute atomic E-state index is 13.1. The summed E-state index contributed by atoms with van der Waals surface area (Å²) in [6.07, 6.45) is 0.294. The van der Waals surface area contributed by atoms with Crippen LogP contribution < -0.4 is 14.8 Å². The molecule has 1 aliphatic rings. The number of halogens is 1. The van der Waals surface area contributed by atoms with Gasteiger partial charge in [0.25, 0.3) is 0 Å². The molecule has 0 aliphatic carbocycles. The van der Waals surface area contributed by atoms with E-state index >= 15 is 0 Å². The first-order chi connectivity index (χ1) is 13.4. The van der Waals surface area contributed by atoms with Crippen LogP contribution in [-0.2, 0) is 11.2 Å². The van der Waals surface area contributed by atoms with E-state index in [0.29, 0.717) is 35.7 Å². The molecule has 3 rings (SSSR count). The fraction of sp³-hybridized carbons (Fsp3) is 0.300. The third kappa shape index (κ3) is 4.00. The molecule has 0 saturated carbocycles. The number of fused-ring (bicyclic) bond motifs is 1. The van der Waals surface area contributed by atoms with Gasteiger partial charge in [0.1, 0.15) is 5.82 Å². The van der Waals surface area contributed by atoms with Crippen LogP contribution in [0.5, 0.6) is 11.5 Å². The molecule has 7 nitrogen and oxygen atoms in total. The number of carbonyl (C=O) groups excluding carboxylic acids is 1. The Morgan fingerprint density at radius 1 is 1.18 bits per heavy atom. The second-order valence-electron chi connectivity index (χ2n) is 6.40. The van der Waals surface area contributed by atoms with Gasteiger partial charge < -0.3 is 24.8 Å². The van der Waals surface area contributed by atoms with E-state index in [0.717, 1.165) is 5.56 Å². The highest BCUT2D eigenvalue weighted by molar-refractivity contribution is 5.90. The summed E-state index contributed by atoms with van der Waals surface area (Å²) in [4.78, 5) is 25.7. The molecule has 0 spiro atoms. The standard InChI is InChI=1S/C20H21FN2O5/c1-27-17-9-12-7-8-23(20(26)22-14-5-3-13(21)4-6-14)16(11-19(24)25)15(12)10-18(17)28-2/h3-6,9-10,16H,7-8,11H2,1-2H3,(H,22,26)(H,24,25)/t16-/m1/s1. The fourth-order valence-corrected chi connectivity index (χ4v) is 3.39. The number of ether oxygens (including phenoxy) is 2. The van der Waals surface area contributed by atoms with Crippen LogP contribution in [0.25, 0.3) is 0 Å². The number of benzene rings is 2. The highest BCUT2D eigenvalue weighted by Crippen LogP contribution is 2.39. The number of carboxylic acids is 1. The van der Waals surface area contributed by atoms with Gasteiger partial charge in [0.15, 0.2) is 11.5 Å². The number of carbonyl (C=O) groups is 2. The van der Waals surface area contributed by atoms with Gasteiger partial charge in [-0.3, -0.25) is 4.79 Å². The molecule has 0 aromatic heterocycles. The summed E-state index contributed by atoms with van der Waals surface area (Å²) in [6, 6.07) is 7.81. The number of urea groups is 1. The predicted octanol–water partition coefficient (Wildman–Crippen LogP) is 3.45. The van der Waals surface area contributed by atoms with E-state index in [-0.39, 0.29) is 6.42 Å². The van der Waals surface area contributed by atoms with Gasteiger partial charge in [0.05, 0.1) is 26.7 Å². The van der Waals surface area contributed by atoms with Crippen molar-refractivity contribution in [2.24, 2.45) is 0 Å². The molecule has 1 heterocycles. The molecular weight excluding hydrogens is 367 g/mol. The van der Waals surface area contributed by atoms with Crippen molar-refractivity contribution in [1.29, 1.82) is 0 Å². The molecule has 1 atom stereocenters. The second kappa shape index (κ2) is 8.16. The summed E-state index contributed by atoms with van der Waals surface area (Å²) >= 11 is 0. The molecule has 148 valence electrons. The van der Waals surface area contributed by atoms with E-state index in [1.807, 2.05) is 6.07 Å². The van der Waals surface area contributed by atoms with E-state index in [2.05, 4.69) is 5.32 Å². The quantitative estimate of drug-likeness (QED) is 0.819. The van der Waals surface area contributed by atoms with Gasteiger partial charge in [-0.2, -0.15) is 0 Å². The molecule has 2 aromatic carbocycles. The van der Waals surface area contributed by atoms with Crippen LogP contribution in [0.3, 0.4) is 0 Å². The minimum Gasteiger partial charge on any atom is -0.493 e. The summed E-state index contributed by atoms with van der Waals surface area (Å²) in [5, 5.41) is 12.1. The number of methoxy groups -OCH3 is 2. The summed E-state index contributed by atoms with van der Waals surface area (Å²) in [5.74, 6) is -0.404. The van der Waals surface area contributed by atoms with Crippen molar-refractivity contribution >= 4 is 17.7 Å². The van der Waals surface area contributed by atoms with Gasteiger partial charge in [-0.1, -0.05) is 0 Å². The molecule has 0 unspecified atom stereocenters. The molecule has 2 aromatic rings. The van der Waals surface area contributed by atoms with Gasteiger partial charge in [0, 0.05) is 12.2 Å². The number of hydrogen-bond acceptors (Lipinski definition) is 4. The summed E-state index contributed by atoms with van der Waals surface area (Å²) in [5.41, 5.74) is 2.05. The van der Waals surface area contributed by atoms with Crippen LogP contribution in [0.15, 0.2) is 36.4 Å². The van der Waals surface area contributed by atoms with E-state index < -0.39 is 23.9 Å². The molecule has 2 N–H and O–H groups in total. The predicted molar refractivity (Wildman–Crippen MR) is 100 cm³/mol. The van der Waals surface area contributed by atoms with Crippen LogP contribution in [-0.4, -0.2) is 42.8 Å². The maximum atomic E-state index is 13.1. The molecule has 2 amide bonds. The van der Waals surface area contributed by atoms with Crippen LogP contribution in [0.2, 0.25) is 0 Å². The minimum atomic E-state index is -1.02. The Kier molecular flexibility index (Phi) is 5.67. The first-order valence-corrected chi connectivity index (χ1v) is 8.72. The lowest BCUT2D eigenvalue weighted by Crippen LogP contribution is -2.43. The Labute approximate surface area is 161 Å². The highest BCUT2D eigenvalue weighted by atomic mass is 19.1. The monoisotopic (exact) mass is 388 g/mol. The van der Waals surface area contributed by atoms with Gasteiger partial charge >= 0.3 is 12.0 Å². The molecule has 0 radical (unpaired) electrons. The number of rotatable bonds is 5. The van der Waals surface area contributed by atoms with Gasteiger partial charge in [-0.05, 0) is 53.9 Å². The molecular formula is C20H21FN2O5. The Bertz CT molecular complexity index is 885. The molecule has 1 aliphatic heterocycles. The Morgan fingerprint density at radius 2 is 1.82 bits per heavy atom. The molecule has 28 heavy (non-hydrogen) atoms. The molecule has 0 saturated heterocycles. The Morgan fingerprint density at radius 3 is 2.43 bits per heavy atom. The number of nitrogens with zero attached hydrogens (tertiary/aromatic N) is 1. The average molecular weight is 388 g/mol. The van der Waals surface area contributed by atoms with E-state index in [9.17, 15) is 19.1 Å². The molecule has 0 bridgehead atoms. The Hall–Kier alpha value is -3.29. The van der Waals surface area contributed by atoms with Crippen molar-refractivity contribution in [3.63, 3.8) is 0 Å². The van der Waals surface area contributed by atoms with Crippen LogP contribution in [0.1, 0.15) is 23.6 Å². The number of aliphatic carboxylic acids is 1. The van der Waals surface area contributed by atoms with Gasteiger partial charge in [0.2, 0.25) is 0 Å². The van der Waals surface area contributed by atoms with E-state index in [1.54, 1.807) is 6.07 Å². The smallest absolute Gasteiger partial charge is 0.322 e. The van der Waals surface area contributed by atoms with Crippen molar-refractivity contribution in [2.45, 2.75) is 18.9 Å². The zero-order valence-corrected chi connectivity index (χ0v) is 15.6. The minimum absolute atomic E-state index is 0.251. The van der Waals surface area contributed by atoms with Crippen molar-refractivity contribution in [2.75, 3.05) is 26.1 Å². The van der Waals surface area contributed by atoms with Gasteiger partial charge in [-0.15, -0.1) is 0 Å². The summed E-state index contributed by atoms with van der Waals surface area (Å²) in [6.45, 7) is 0.341. The van der Waals surface area contributed by atoms with Crippen LogP contribution in [0.4, 0.5) is 14.9 Å². The first kappa shape index (κ1) is 19.5. The average Bonchev–Trinajstić information content (AvgIpc) is 2.68. The van der Waals surface area contributed by atoms with Crippen molar-refractivity contribution in [3.05, 3.63) is 53.3 Å². The number of nitrogens with one attached hydrogen (secondary N) is 1. The third-order valence-electron chi connectivity index (χ3n) is 4.73. The molecule has 0 fully saturated rings. The lowest BCUT2D eigenvalue weighted by atomic mass is 9.90. The number of amides is 2. The largest absolute Gasteiger partial charge is 0.493 e. The SMILES string of the molecule is COc1cc2c(cc1OC)[C@@H](CC(=O)O)N(C(=O)Nc1ccc(F)cc1)CC2. The van der Waals surface area contributed by atoms with Crippen molar-refractivity contribution in [3.8, 4) is 11.5 Å². The normalized spacial score (nSPS) is 15.5. The van der Waals surface area contributed by atoms with E-state index in [1.165, 1.54) is 43.4 Å². The zero-order chi connectivity index (χ0) is 20.3. The lowest BCUT2D eigenvalue weighted by molar-refractivity contribution is -0.138. The molecule has 8 heteroatoms.